The second kappa shape index (κ2) is 5.92. The molecular formula is C16H23N3O2. The van der Waals surface area contributed by atoms with Crippen molar-refractivity contribution in [1.29, 1.82) is 0 Å². The highest BCUT2D eigenvalue weighted by atomic mass is 16.2. The van der Waals surface area contributed by atoms with Crippen LogP contribution in [0.15, 0.2) is 18.3 Å². The Kier molecular flexibility index (Phi) is 3.99. The number of nitrogens with one attached hydrogen (secondary N) is 1. The topological polar surface area (TPSA) is 54.3 Å². The molecule has 21 heavy (non-hydrogen) atoms. The van der Waals surface area contributed by atoms with Crippen molar-refractivity contribution in [2.45, 2.75) is 50.6 Å². The van der Waals surface area contributed by atoms with Crippen molar-refractivity contribution in [2.24, 2.45) is 7.05 Å². The van der Waals surface area contributed by atoms with E-state index in [1.54, 1.807) is 0 Å². The molecule has 114 valence electrons. The molecule has 5 heteroatoms. The number of carbonyl (C=O) groups excluding carboxylic acids is 2. The Morgan fingerprint density at radius 1 is 1.29 bits per heavy atom. The van der Waals surface area contributed by atoms with E-state index in [0.29, 0.717) is 12.8 Å². The number of hydrogen-bond donors (Lipinski definition) is 1. The standard InChI is InChI=1S/C16H23N3O2/c1-18-10-5-7-13(18)14-6-3-2-4-11-19(14)16(21)12-8-9-15(20)17-12/h5,7,10,12,14H,2-4,6,8-9,11H2,1H3,(H,17,20)/t12-,14+/m0/s1. The van der Waals surface area contributed by atoms with Crippen molar-refractivity contribution in [2.75, 3.05) is 6.54 Å². The van der Waals surface area contributed by atoms with Crippen LogP contribution in [0, 0.1) is 0 Å². The molecule has 5 nitrogen and oxygen atoms in total. The van der Waals surface area contributed by atoms with Gasteiger partial charge in [-0.25, -0.2) is 0 Å². The van der Waals surface area contributed by atoms with Crippen molar-refractivity contribution in [3.63, 3.8) is 0 Å². The Morgan fingerprint density at radius 2 is 2.14 bits per heavy atom. The van der Waals surface area contributed by atoms with E-state index in [9.17, 15) is 9.59 Å². The molecule has 0 unspecified atom stereocenters. The Balaban J connectivity index is 1.83. The number of amides is 2. The normalized spacial score (nSPS) is 26.5. The summed E-state index contributed by atoms with van der Waals surface area (Å²) in [5.41, 5.74) is 1.19. The molecule has 1 aromatic heterocycles. The molecule has 0 radical (unpaired) electrons. The number of carbonyl (C=O) groups is 2. The Bertz CT molecular complexity index is 537. The third kappa shape index (κ3) is 2.82. The maximum atomic E-state index is 12.8. The molecule has 2 atom stereocenters. The van der Waals surface area contributed by atoms with Gasteiger partial charge in [0.05, 0.1) is 6.04 Å². The summed E-state index contributed by atoms with van der Waals surface area (Å²) in [4.78, 5) is 26.2. The quantitative estimate of drug-likeness (QED) is 0.902. The van der Waals surface area contributed by atoms with E-state index in [0.717, 1.165) is 25.8 Å². The molecular weight excluding hydrogens is 266 g/mol. The smallest absolute Gasteiger partial charge is 0.245 e. The highest BCUT2D eigenvalue weighted by Gasteiger charge is 2.35. The van der Waals surface area contributed by atoms with Gasteiger partial charge in [-0.15, -0.1) is 0 Å². The van der Waals surface area contributed by atoms with Gasteiger partial charge in [0.15, 0.2) is 0 Å². The molecule has 2 saturated heterocycles. The van der Waals surface area contributed by atoms with Crippen LogP contribution in [-0.2, 0) is 16.6 Å². The van der Waals surface area contributed by atoms with Crippen molar-refractivity contribution >= 4 is 11.8 Å². The molecule has 0 aromatic carbocycles. The summed E-state index contributed by atoms with van der Waals surface area (Å²) < 4.78 is 2.10. The van der Waals surface area contributed by atoms with Crippen LogP contribution < -0.4 is 5.32 Å². The molecule has 3 rings (SSSR count). The summed E-state index contributed by atoms with van der Waals surface area (Å²) in [6.45, 7) is 0.793. The first-order chi connectivity index (χ1) is 10.2. The molecule has 2 aliphatic heterocycles. The van der Waals surface area contributed by atoms with E-state index >= 15 is 0 Å². The van der Waals surface area contributed by atoms with Gasteiger partial charge in [-0.1, -0.05) is 12.8 Å². The van der Waals surface area contributed by atoms with Crippen LogP contribution in [0.2, 0.25) is 0 Å². The lowest BCUT2D eigenvalue weighted by Crippen LogP contribution is -2.46. The Labute approximate surface area is 125 Å². The molecule has 0 bridgehead atoms. The second-order valence-corrected chi connectivity index (χ2v) is 6.10. The van der Waals surface area contributed by atoms with Gasteiger partial charge >= 0.3 is 0 Å². The predicted octanol–water partition coefficient (Wildman–Crippen LogP) is 1.75. The minimum absolute atomic E-state index is 0.00131. The average Bonchev–Trinajstić information content (AvgIpc) is 3.00. The van der Waals surface area contributed by atoms with Crippen LogP contribution in [0.5, 0.6) is 0 Å². The third-order valence-electron chi connectivity index (χ3n) is 4.65. The first-order valence-electron chi connectivity index (χ1n) is 7.88. The summed E-state index contributed by atoms with van der Waals surface area (Å²) in [5.74, 6) is 0.0903. The highest BCUT2D eigenvalue weighted by Crippen LogP contribution is 2.31. The minimum atomic E-state index is -0.321. The van der Waals surface area contributed by atoms with Crippen LogP contribution in [0.3, 0.4) is 0 Å². The van der Waals surface area contributed by atoms with Gasteiger partial charge in [-0.05, 0) is 31.4 Å². The van der Waals surface area contributed by atoms with Crippen LogP contribution in [0.25, 0.3) is 0 Å². The zero-order valence-electron chi connectivity index (χ0n) is 12.5. The number of aromatic nitrogens is 1. The SMILES string of the molecule is Cn1cccc1[C@H]1CCCCCN1C(=O)[C@@H]1CCC(=O)N1. The molecule has 0 aliphatic carbocycles. The highest BCUT2D eigenvalue weighted by molar-refractivity contribution is 5.91. The van der Waals surface area contributed by atoms with E-state index in [4.69, 9.17) is 0 Å². The van der Waals surface area contributed by atoms with Gasteiger partial charge in [0, 0.05) is 31.9 Å². The summed E-state index contributed by atoms with van der Waals surface area (Å²) in [5, 5.41) is 2.81. The molecule has 3 heterocycles. The van der Waals surface area contributed by atoms with Gasteiger partial charge in [-0.3, -0.25) is 9.59 Å². The maximum Gasteiger partial charge on any atom is 0.245 e. The van der Waals surface area contributed by atoms with Gasteiger partial charge < -0.3 is 14.8 Å². The first kappa shape index (κ1) is 14.2. The maximum absolute atomic E-state index is 12.8. The van der Waals surface area contributed by atoms with Crippen molar-refractivity contribution in [1.82, 2.24) is 14.8 Å². The second-order valence-electron chi connectivity index (χ2n) is 6.10. The summed E-state index contributed by atoms with van der Waals surface area (Å²) >= 11 is 0. The Hall–Kier alpha value is -1.78. The van der Waals surface area contributed by atoms with Crippen LogP contribution in [0.1, 0.15) is 50.3 Å². The largest absolute Gasteiger partial charge is 0.353 e. The summed E-state index contributed by atoms with van der Waals surface area (Å²) in [6.07, 6.45) is 7.50. The summed E-state index contributed by atoms with van der Waals surface area (Å²) in [7, 11) is 2.03. The molecule has 1 N–H and O–H groups in total. The fraction of sp³-hybridized carbons (Fsp3) is 0.625. The monoisotopic (exact) mass is 289 g/mol. The molecule has 0 saturated carbocycles. The zero-order chi connectivity index (χ0) is 14.8. The number of nitrogens with zero attached hydrogens (tertiary/aromatic N) is 2. The average molecular weight is 289 g/mol. The van der Waals surface area contributed by atoms with Crippen LogP contribution >= 0.6 is 0 Å². The number of likely N-dealkylation sites (tertiary alicyclic amines) is 1. The zero-order valence-corrected chi connectivity index (χ0v) is 12.5. The lowest BCUT2D eigenvalue weighted by molar-refractivity contribution is -0.136. The molecule has 2 aliphatic rings. The Morgan fingerprint density at radius 3 is 2.81 bits per heavy atom. The van der Waals surface area contributed by atoms with E-state index < -0.39 is 0 Å². The molecule has 1 aromatic rings. The molecule has 2 fully saturated rings. The lowest BCUT2D eigenvalue weighted by atomic mass is 10.1. The number of aryl methyl sites for hydroxylation is 1. The van der Waals surface area contributed by atoms with E-state index in [1.165, 1.54) is 12.1 Å². The predicted molar refractivity (Wildman–Crippen MR) is 79.5 cm³/mol. The third-order valence-corrected chi connectivity index (χ3v) is 4.65. The van der Waals surface area contributed by atoms with Crippen molar-refractivity contribution < 1.29 is 9.59 Å². The van der Waals surface area contributed by atoms with Gasteiger partial charge in [0.2, 0.25) is 11.8 Å². The summed E-state index contributed by atoms with van der Waals surface area (Å²) in [6, 6.07) is 3.94. The number of rotatable bonds is 2. The van der Waals surface area contributed by atoms with Crippen LogP contribution in [0.4, 0.5) is 0 Å². The first-order valence-corrected chi connectivity index (χ1v) is 7.88. The minimum Gasteiger partial charge on any atom is -0.353 e. The number of hydrogen-bond acceptors (Lipinski definition) is 2. The van der Waals surface area contributed by atoms with Gasteiger partial charge in [0.25, 0.3) is 0 Å². The molecule has 2 amide bonds. The van der Waals surface area contributed by atoms with Crippen LogP contribution in [-0.4, -0.2) is 33.9 Å². The fourth-order valence-electron chi connectivity index (χ4n) is 3.50. The van der Waals surface area contributed by atoms with Gasteiger partial charge in [0.1, 0.15) is 6.04 Å². The van der Waals surface area contributed by atoms with E-state index in [1.807, 2.05) is 24.2 Å². The fourth-order valence-corrected chi connectivity index (χ4v) is 3.50. The van der Waals surface area contributed by atoms with Gasteiger partial charge in [-0.2, -0.15) is 0 Å². The van der Waals surface area contributed by atoms with E-state index in [2.05, 4.69) is 16.0 Å². The van der Waals surface area contributed by atoms with E-state index in [-0.39, 0.29) is 23.9 Å². The van der Waals surface area contributed by atoms with Crippen molar-refractivity contribution in [3.05, 3.63) is 24.0 Å². The molecule has 0 spiro atoms. The van der Waals surface area contributed by atoms with Crippen molar-refractivity contribution in [3.8, 4) is 0 Å². The lowest BCUT2D eigenvalue weighted by Gasteiger charge is -2.32.